The fourth-order valence-electron chi connectivity index (χ4n) is 4.04. The first-order valence-electron chi connectivity index (χ1n) is 10.7. The Kier molecular flexibility index (Phi) is 6.13. The standard InChI is InChI=1S/C23H25N7O3/c1-14-19(12-26-30(14)17-7-3-15(11-24)4-8-17)22(32)27-16-5-9-18(10-6-16)33-23-20(21(25)31)13-29(2)28-23/h3-4,7-8,12-13,16,18H,5-6,9-10H2,1-2H3,(H2,25,31)(H,27,32). The molecule has 4 rings (SSSR count). The number of carbonyl (C=O) groups excluding carboxylic acids is 2. The van der Waals surface area contributed by atoms with E-state index in [-0.39, 0.29) is 29.5 Å². The Morgan fingerprint density at radius 3 is 2.52 bits per heavy atom. The van der Waals surface area contributed by atoms with Crippen molar-refractivity contribution in [3.63, 3.8) is 0 Å². The summed E-state index contributed by atoms with van der Waals surface area (Å²) in [4.78, 5) is 24.4. The summed E-state index contributed by atoms with van der Waals surface area (Å²) in [7, 11) is 1.71. The maximum absolute atomic E-state index is 12.9. The molecule has 10 heteroatoms. The zero-order valence-corrected chi connectivity index (χ0v) is 18.5. The maximum Gasteiger partial charge on any atom is 0.255 e. The van der Waals surface area contributed by atoms with Crippen molar-refractivity contribution in [1.82, 2.24) is 24.9 Å². The van der Waals surface area contributed by atoms with Gasteiger partial charge in [-0.1, -0.05) is 0 Å². The first kappa shape index (κ1) is 22.1. The lowest BCUT2D eigenvalue weighted by Gasteiger charge is -2.29. The van der Waals surface area contributed by atoms with E-state index in [2.05, 4.69) is 21.6 Å². The highest BCUT2D eigenvalue weighted by molar-refractivity contribution is 5.95. The van der Waals surface area contributed by atoms with Gasteiger partial charge in [0.15, 0.2) is 0 Å². The molecule has 0 radical (unpaired) electrons. The van der Waals surface area contributed by atoms with Gasteiger partial charge in [0.1, 0.15) is 11.7 Å². The molecule has 2 amide bonds. The van der Waals surface area contributed by atoms with Crippen LogP contribution in [0.25, 0.3) is 5.69 Å². The van der Waals surface area contributed by atoms with E-state index in [4.69, 9.17) is 15.7 Å². The van der Waals surface area contributed by atoms with Crippen LogP contribution in [0.15, 0.2) is 36.7 Å². The van der Waals surface area contributed by atoms with E-state index in [0.717, 1.165) is 37.1 Å². The number of ether oxygens (including phenoxy) is 1. The highest BCUT2D eigenvalue weighted by atomic mass is 16.5. The van der Waals surface area contributed by atoms with Crippen molar-refractivity contribution in [3.05, 3.63) is 59.0 Å². The molecule has 0 spiro atoms. The number of nitrogens with zero attached hydrogens (tertiary/aromatic N) is 5. The molecule has 0 aliphatic heterocycles. The van der Waals surface area contributed by atoms with E-state index >= 15 is 0 Å². The number of amides is 2. The molecule has 2 heterocycles. The van der Waals surface area contributed by atoms with E-state index in [1.165, 1.54) is 4.68 Å². The molecule has 1 fully saturated rings. The molecule has 0 atom stereocenters. The lowest BCUT2D eigenvalue weighted by molar-refractivity contribution is 0.0880. The predicted molar refractivity (Wildman–Crippen MR) is 119 cm³/mol. The van der Waals surface area contributed by atoms with Crippen LogP contribution in [0, 0.1) is 18.3 Å². The molecule has 3 aromatic rings. The molecule has 3 N–H and O–H groups in total. The number of hydrogen-bond donors (Lipinski definition) is 2. The number of carbonyl (C=O) groups is 2. The number of nitrogens with two attached hydrogens (primary N) is 1. The normalized spacial score (nSPS) is 17.8. The Balaban J connectivity index is 1.35. The SMILES string of the molecule is Cc1c(C(=O)NC2CCC(Oc3nn(C)cc3C(N)=O)CC2)cnn1-c1ccc(C#N)cc1. The summed E-state index contributed by atoms with van der Waals surface area (Å²) in [5.74, 6) is -0.489. The Labute approximate surface area is 190 Å². The summed E-state index contributed by atoms with van der Waals surface area (Å²) >= 11 is 0. The third kappa shape index (κ3) is 4.72. The van der Waals surface area contributed by atoms with E-state index in [1.54, 1.807) is 48.4 Å². The molecule has 1 aromatic carbocycles. The van der Waals surface area contributed by atoms with Crippen LogP contribution in [0.5, 0.6) is 5.88 Å². The van der Waals surface area contributed by atoms with E-state index in [0.29, 0.717) is 11.1 Å². The Morgan fingerprint density at radius 1 is 1.18 bits per heavy atom. The third-order valence-electron chi connectivity index (χ3n) is 5.84. The van der Waals surface area contributed by atoms with Crippen molar-refractivity contribution < 1.29 is 14.3 Å². The lowest BCUT2D eigenvalue weighted by atomic mass is 9.92. The summed E-state index contributed by atoms with van der Waals surface area (Å²) < 4.78 is 9.10. The first-order valence-corrected chi connectivity index (χ1v) is 10.7. The van der Waals surface area contributed by atoms with E-state index in [1.807, 2.05) is 6.92 Å². The van der Waals surface area contributed by atoms with Gasteiger partial charge in [0.25, 0.3) is 11.8 Å². The summed E-state index contributed by atoms with van der Waals surface area (Å²) in [5, 5.41) is 20.6. The highest BCUT2D eigenvalue weighted by Crippen LogP contribution is 2.25. The number of benzene rings is 1. The van der Waals surface area contributed by atoms with Crippen LogP contribution in [0.2, 0.25) is 0 Å². The van der Waals surface area contributed by atoms with Gasteiger partial charge in [-0.05, 0) is 56.9 Å². The number of rotatable bonds is 6. The molecule has 1 aliphatic rings. The van der Waals surface area contributed by atoms with Crippen molar-refractivity contribution >= 4 is 11.8 Å². The average molecular weight is 447 g/mol. The molecule has 0 bridgehead atoms. The second kappa shape index (κ2) is 9.16. The molecule has 170 valence electrons. The number of hydrogen-bond acceptors (Lipinski definition) is 6. The smallest absolute Gasteiger partial charge is 0.255 e. The number of aryl methyl sites for hydroxylation is 1. The first-order chi connectivity index (χ1) is 15.9. The van der Waals surface area contributed by atoms with Crippen LogP contribution in [-0.2, 0) is 7.05 Å². The van der Waals surface area contributed by atoms with Crippen LogP contribution in [0.3, 0.4) is 0 Å². The third-order valence-corrected chi connectivity index (χ3v) is 5.84. The summed E-state index contributed by atoms with van der Waals surface area (Å²) in [6.07, 6.45) is 5.96. The highest BCUT2D eigenvalue weighted by Gasteiger charge is 2.27. The predicted octanol–water partition coefficient (Wildman–Crippen LogP) is 2.00. The second-order valence-electron chi connectivity index (χ2n) is 8.16. The van der Waals surface area contributed by atoms with Gasteiger partial charge in [-0.15, -0.1) is 5.10 Å². The molecular weight excluding hydrogens is 422 g/mol. The number of aromatic nitrogens is 4. The van der Waals surface area contributed by atoms with Crippen molar-refractivity contribution in [2.75, 3.05) is 0 Å². The minimum Gasteiger partial charge on any atom is -0.473 e. The molecule has 1 aliphatic carbocycles. The van der Waals surface area contributed by atoms with Crippen molar-refractivity contribution in [1.29, 1.82) is 5.26 Å². The fourth-order valence-corrected chi connectivity index (χ4v) is 4.04. The lowest BCUT2D eigenvalue weighted by Crippen LogP contribution is -2.40. The second-order valence-corrected chi connectivity index (χ2v) is 8.16. The number of primary amides is 1. The minimum atomic E-state index is -0.573. The molecule has 0 unspecified atom stereocenters. The van der Waals surface area contributed by atoms with E-state index < -0.39 is 5.91 Å². The van der Waals surface area contributed by atoms with Crippen LogP contribution in [-0.4, -0.2) is 43.5 Å². The van der Waals surface area contributed by atoms with Gasteiger partial charge in [-0.25, -0.2) is 4.68 Å². The molecule has 2 aromatic heterocycles. The summed E-state index contributed by atoms with van der Waals surface area (Å²) in [5.41, 5.74) is 8.24. The maximum atomic E-state index is 12.9. The Morgan fingerprint density at radius 2 is 1.88 bits per heavy atom. The zero-order chi connectivity index (χ0) is 23.5. The van der Waals surface area contributed by atoms with Gasteiger partial charge < -0.3 is 15.8 Å². The topological polar surface area (TPSA) is 141 Å². The van der Waals surface area contributed by atoms with Gasteiger partial charge in [0.05, 0.1) is 34.8 Å². The van der Waals surface area contributed by atoms with Crippen LogP contribution < -0.4 is 15.8 Å². The van der Waals surface area contributed by atoms with Crippen molar-refractivity contribution in [2.45, 2.75) is 44.8 Å². The van der Waals surface area contributed by atoms with Gasteiger partial charge >= 0.3 is 0 Å². The van der Waals surface area contributed by atoms with Gasteiger partial charge in [0.2, 0.25) is 5.88 Å². The Hall–Kier alpha value is -4.13. The number of nitriles is 1. The minimum absolute atomic E-state index is 0.0226. The number of nitrogens with one attached hydrogen (secondary N) is 1. The van der Waals surface area contributed by atoms with E-state index in [9.17, 15) is 9.59 Å². The average Bonchev–Trinajstić information content (AvgIpc) is 3.37. The van der Waals surface area contributed by atoms with Gasteiger partial charge in [-0.3, -0.25) is 14.3 Å². The summed E-state index contributed by atoms with van der Waals surface area (Å²) in [6, 6.07) is 9.14. The Bertz CT molecular complexity index is 1210. The fraction of sp³-hybridized carbons (Fsp3) is 0.348. The van der Waals surface area contributed by atoms with Crippen molar-refractivity contribution in [3.8, 4) is 17.6 Å². The molecule has 0 saturated heterocycles. The molecule has 1 saturated carbocycles. The van der Waals surface area contributed by atoms with Crippen LogP contribution in [0.4, 0.5) is 0 Å². The van der Waals surface area contributed by atoms with Gasteiger partial charge in [0, 0.05) is 19.3 Å². The largest absolute Gasteiger partial charge is 0.473 e. The van der Waals surface area contributed by atoms with Crippen molar-refractivity contribution in [2.24, 2.45) is 12.8 Å². The summed E-state index contributed by atoms with van der Waals surface area (Å²) in [6.45, 7) is 1.84. The molecule has 10 nitrogen and oxygen atoms in total. The van der Waals surface area contributed by atoms with Gasteiger partial charge in [-0.2, -0.15) is 10.4 Å². The monoisotopic (exact) mass is 447 g/mol. The van der Waals surface area contributed by atoms with Crippen LogP contribution in [0.1, 0.15) is 57.7 Å². The zero-order valence-electron chi connectivity index (χ0n) is 18.5. The quantitative estimate of drug-likeness (QED) is 0.592. The van der Waals surface area contributed by atoms with Crippen LogP contribution >= 0.6 is 0 Å². The molecule has 33 heavy (non-hydrogen) atoms. The molecular formula is C23H25N7O3.